The maximum Gasteiger partial charge on any atom is 0.0444 e. The summed E-state index contributed by atoms with van der Waals surface area (Å²) in [6.45, 7) is 7.31. The molecule has 0 aliphatic heterocycles. The van der Waals surface area contributed by atoms with Gasteiger partial charge in [-0.1, -0.05) is 43.1 Å². The summed E-state index contributed by atoms with van der Waals surface area (Å²) >= 11 is 6.27. The van der Waals surface area contributed by atoms with Gasteiger partial charge in [0.05, 0.1) is 0 Å². The molecule has 1 fully saturated rings. The Kier molecular flexibility index (Phi) is 2.36. The van der Waals surface area contributed by atoms with Gasteiger partial charge in [-0.05, 0) is 30.4 Å². The van der Waals surface area contributed by atoms with Crippen molar-refractivity contribution in [1.29, 1.82) is 0 Å². The fourth-order valence-corrected chi connectivity index (χ4v) is 2.93. The van der Waals surface area contributed by atoms with Crippen LogP contribution in [0.25, 0.3) is 0 Å². The van der Waals surface area contributed by atoms with Crippen LogP contribution >= 0.6 is 11.6 Å². The van der Waals surface area contributed by atoms with Crippen LogP contribution in [0, 0.1) is 12.3 Å². The number of halogens is 1. The van der Waals surface area contributed by atoms with Crippen LogP contribution in [0.15, 0.2) is 18.2 Å². The van der Waals surface area contributed by atoms with Gasteiger partial charge in [0, 0.05) is 17.0 Å². The summed E-state index contributed by atoms with van der Waals surface area (Å²) in [5, 5.41) is 0.858. The van der Waals surface area contributed by atoms with Gasteiger partial charge in [0.1, 0.15) is 0 Å². The summed E-state index contributed by atoms with van der Waals surface area (Å²) in [7, 11) is 0. The van der Waals surface area contributed by atoms with E-state index in [0.717, 1.165) is 11.4 Å². The molecule has 1 saturated carbocycles. The summed E-state index contributed by atoms with van der Waals surface area (Å²) in [6, 6.07) is 6.22. The second kappa shape index (κ2) is 3.23. The molecule has 82 valence electrons. The molecule has 1 nitrogen and oxygen atoms in total. The van der Waals surface area contributed by atoms with Gasteiger partial charge in [-0.2, -0.15) is 0 Å². The lowest BCUT2D eigenvalue weighted by Gasteiger charge is -2.21. The van der Waals surface area contributed by atoms with Crippen LogP contribution in [0.3, 0.4) is 0 Å². The summed E-state index contributed by atoms with van der Waals surface area (Å²) in [6.07, 6.45) is 1.14. The number of benzene rings is 1. The Morgan fingerprint density at radius 2 is 2.00 bits per heavy atom. The monoisotopic (exact) mass is 223 g/mol. The Bertz CT molecular complexity index is 398. The molecule has 15 heavy (non-hydrogen) atoms. The minimum Gasteiger partial charge on any atom is -0.330 e. The Morgan fingerprint density at radius 3 is 2.47 bits per heavy atom. The molecule has 2 heteroatoms. The third kappa shape index (κ3) is 1.49. The van der Waals surface area contributed by atoms with Crippen LogP contribution in [0.4, 0.5) is 0 Å². The molecular weight excluding hydrogens is 206 g/mol. The number of rotatable bonds is 2. The molecule has 1 aromatic rings. The molecule has 1 unspecified atom stereocenters. The van der Waals surface area contributed by atoms with Crippen LogP contribution in [0.1, 0.15) is 31.4 Å². The van der Waals surface area contributed by atoms with Crippen molar-refractivity contribution in [3.8, 4) is 0 Å². The molecule has 0 radical (unpaired) electrons. The van der Waals surface area contributed by atoms with Crippen LogP contribution in [-0.2, 0) is 5.41 Å². The molecule has 2 N–H and O–H groups in total. The molecular formula is C13H18ClN. The van der Waals surface area contributed by atoms with E-state index in [1.54, 1.807) is 0 Å². The van der Waals surface area contributed by atoms with Crippen molar-refractivity contribution in [2.24, 2.45) is 11.1 Å². The zero-order valence-electron chi connectivity index (χ0n) is 9.60. The van der Waals surface area contributed by atoms with E-state index in [2.05, 4.69) is 26.8 Å². The number of hydrogen-bond acceptors (Lipinski definition) is 1. The molecule has 0 amide bonds. The van der Waals surface area contributed by atoms with E-state index in [4.69, 9.17) is 17.3 Å². The lowest BCUT2D eigenvalue weighted by Crippen LogP contribution is -2.25. The van der Waals surface area contributed by atoms with Gasteiger partial charge in [0.25, 0.3) is 0 Å². The van der Waals surface area contributed by atoms with Crippen molar-refractivity contribution < 1.29 is 0 Å². The molecule has 0 spiro atoms. The highest BCUT2D eigenvalue weighted by molar-refractivity contribution is 6.31. The minimum absolute atomic E-state index is 0.107. The third-order valence-electron chi connectivity index (χ3n) is 3.90. The molecule has 2 rings (SSSR count). The normalized spacial score (nSPS) is 27.8. The zero-order valence-corrected chi connectivity index (χ0v) is 10.4. The Hall–Kier alpha value is -0.530. The first-order valence-electron chi connectivity index (χ1n) is 5.40. The number of nitrogens with two attached hydrogens (primary N) is 1. The zero-order chi connectivity index (χ0) is 11.3. The molecule has 0 bridgehead atoms. The van der Waals surface area contributed by atoms with Crippen molar-refractivity contribution in [2.75, 3.05) is 6.54 Å². The van der Waals surface area contributed by atoms with E-state index < -0.39 is 0 Å². The SMILES string of the molecule is Cc1ccc(Cl)c(C2(CN)CC2(C)C)c1. The number of aryl methyl sites for hydroxylation is 1. The first kappa shape index (κ1) is 11.0. The van der Waals surface area contributed by atoms with E-state index in [1.807, 2.05) is 12.1 Å². The Labute approximate surface area is 96.6 Å². The van der Waals surface area contributed by atoms with Crippen LogP contribution in [0.2, 0.25) is 5.02 Å². The number of hydrogen-bond donors (Lipinski definition) is 1. The van der Waals surface area contributed by atoms with E-state index in [9.17, 15) is 0 Å². The van der Waals surface area contributed by atoms with Crippen molar-refractivity contribution in [1.82, 2.24) is 0 Å². The van der Waals surface area contributed by atoms with E-state index >= 15 is 0 Å². The van der Waals surface area contributed by atoms with Crippen LogP contribution in [-0.4, -0.2) is 6.54 Å². The van der Waals surface area contributed by atoms with E-state index in [0.29, 0.717) is 12.0 Å². The largest absolute Gasteiger partial charge is 0.330 e. The van der Waals surface area contributed by atoms with Gasteiger partial charge in [-0.15, -0.1) is 0 Å². The fraction of sp³-hybridized carbons (Fsp3) is 0.538. The summed E-state index contributed by atoms with van der Waals surface area (Å²) in [5.74, 6) is 0. The highest BCUT2D eigenvalue weighted by Gasteiger charge is 2.61. The average molecular weight is 224 g/mol. The summed E-state index contributed by atoms with van der Waals surface area (Å²) in [4.78, 5) is 0. The smallest absolute Gasteiger partial charge is 0.0444 e. The fourth-order valence-electron chi connectivity index (χ4n) is 2.63. The molecule has 1 aliphatic carbocycles. The van der Waals surface area contributed by atoms with Crippen molar-refractivity contribution in [3.63, 3.8) is 0 Å². The predicted molar refractivity (Wildman–Crippen MR) is 65.3 cm³/mol. The molecule has 0 aromatic heterocycles. The average Bonchev–Trinajstić information content (AvgIpc) is 2.74. The maximum absolute atomic E-state index is 6.27. The van der Waals surface area contributed by atoms with Crippen LogP contribution in [0.5, 0.6) is 0 Å². The van der Waals surface area contributed by atoms with Gasteiger partial charge in [0.2, 0.25) is 0 Å². The second-order valence-corrected chi connectivity index (χ2v) is 5.74. The lowest BCUT2D eigenvalue weighted by atomic mass is 9.87. The van der Waals surface area contributed by atoms with Crippen molar-refractivity contribution >= 4 is 11.6 Å². The molecule has 1 aliphatic rings. The van der Waals surface area contributed by atoms with E-state index in [-0.39, 0.29) is 5.41 Å². The molecule has 0 saturated heterocycles. The van der Waals surface area contributed by atoms with Crippen LogP contribution < -0.4 is 5.73 Å². The topological polar surface area (TPSA) is 26.0 Å². The Balaban J connectivity index is 2.50. The van der Waals surface area contributed by atoms with Gasteiger partial charge in [-0.3, -0.25) is 0 Å². The summed E-state index contributed by atoms with van der Waals surface area (Å²) in [5.41, 5.74) is 8.82. The Morgan fingerprint density at radius 1 is 1.40 bits per heavy atom. The molecule has 1 atom stereocenters. The van der Waals surface area contributed by atoms with E-state index in [1.165, 1.54) is 11.1 Å². The van der Waals surface area contributed by atoms with Gasteiger partial charge >= 0.3 is 0 Å². The third-order valence-corrected chi connectivity index (χ3v) is 4.23. The first-order valence-corrected chi connectivity index (χ1v) is 5.77. The van der Waals surface area contributed by atoms with Gasteiger partial charge in [-0.25, -0.2) is 0 Å². The van der Waals surface area contributed by atoms with Crippen molar-refractivity contribution in [3.05, 3.63) is 34.3 Å². The minimum atomic E-state index is 0.107. The summed E-state index contributed by atoms with van der Waals surface area (Å²) < 4.78 is 0. The van der Waals surface area contributed by atoms with Gasteiger partial charge in [0.15, 0.2) is 0 Å². The second-order valence-electron chi connectivity index (χ2n) is 5.33. The first-order chi connectivity index (χ1) is 6.93. The lowest BCUT2D eigenvalue weighted by molar-refractivity contribution is 0.503. The predicted octanol–water partition coefficient (Wildman–Crippen LogP) is 3.27. The van der Waals surface area contributed by atoms with Crippen molar-refractivity contribution in [2.45, 2.75) is 32.6 Å². The molecule has 0 heterocycles. The standard InChI is InChI=1S/C13H18ClN/c1-9-4-5-11(14)10(6-9)13(8-15)7-12(13,2)3/h4-6H,7-8,15H2,1-3H3. The maximum atomic E-state index is 6.27. The molecule has 1 aromatic carbocycles. The highest BCUT2D eigenvalue weighted by Crippen LogP contribution is 2.64. The van der Waals surface area contributed by atoms with Gasteiger partial charge < -0.3 is 5.73 Å². The quantitative estimate of drug-likeness (QED) is 0.818. The highest BCUT2D eigenvalue weighted by atomic mass is 35.5.